The number of hydrogen-bond donors (Lipinski definition) is 1. The number of rotatable bonds is 4. The molecule has 2 aromatic carbocycles. The maximum absolute atomic E-state index is 12.8. The molecule has 1 aliphatic heterocycles. The molecule has 1 aliphatic rings. The van der Waals surface area contributed by atoms with Crippen LogP contribution in [0.4, 0.5) is 0 Å². The number of benzene rings is 2. The molecule has 0 spiro atoms. The summed E-state index contributed by atoms with van der Waals surface area (Å²) < 4.78 is 12.0. The standard InChI is InChI=1S/C23H29NO3/c1-14-8-10-20(16(3)11-14)26-17(4)22(25)24-19-13-23(5,6)27-21-12-15(2)7-9-18(19)21/h7-12,17,19H,13H2,1-6H3,(H,24,25)/t17-,19+/m1/s1. The molecule has 0 radical (unpaired) electrons. The van der Waals surface area contributed by atoms with Crippen LogP contribution in [0.25, 0.3) is 0 Å². The minimum absolute atomic E-state index is 0.0954. The van der Waals surface area contributed by atoms with Crippen LogP contribution in [-0.2, 0) is 4.79 Å². The Morgan fingerprint density at radius 2 is 1.81 bits per heavy atom. The summed E-state index contributed by atoms with van der Waals surface area (Å²) in [6.45, 7) is 12.0. The predicted molar refractivity (Wildman–Crippen MR) is 107 cm³/mol. The van der Waals surface area contributed by atoms with Gasteiger partial charge in [0.2, 0.25) is 0 Å². The van der Waals surface area contributed by atoms with Gasteiger partial charge in [0.25, 0.3) is 5.91 Å². The van der Waals surface area contributed by atoms with Crippen molar-refractivity contribution in [2.75, 3.05) is 0 Å². The number of carbonyl (C=O) groups excluding carboxylic acids is 1. The van der Waals surface area contributed by atoms with E-state index in [1.807, 2.05) is 58.9 Å². The Bertz CT molecular complexity index is 857. The van der Waals surface area contributed by atoms with Crippen molar-refractivity contribution in [3.05, 3.63) is 58.7 Å². The fraction of sp³-hybridized carbons (Fsp3) is 0.435. The SMILES string of the molecule is Cc1ccc(O[C@H](C)C(=O)N[C@H]2CC(C)(C)Oc3cc(C)ccc32)c(C)c1. The van der Waals surface area contributed by atoms with Gasteiger partial charge in [-0.05, 0) is 64.8 Å². The van der Waals surface area contributed by atoms with Gasteiger partial charge in [0.05, 0.1) is 6.04 Å². The second kappa shape index (κ2) is 7.26. The molecule has 1 amide bonds. The molecule has 1 heterocycles. The minimum atomic E-state index is -0.578. The van der Waals surface area contributed by atoms with E-state index >= 15 is 0 Å². The Balaban J connectivity index is 1.75. The molecule has 1 N–H and O–H groups in total. The fourth-order valence-corrected chi connectivity index (χ4v) is 3.55. The third-order valence-corrected chi connectivity index (χ3v) is 4.95. The van der Waals surface area contributed by atoms with Crippen LogP contribution in [0.3, 0.4) is 0 Å². The molecule has 2 atom stereocenters. The molecule has 0 aliphatic carbocycles. The van der Waals surface area contributed by atoms with Crippen LogP contribution in [0.1, 0.15) is 55.5 Å². The van der Waals surface area contributed by atoms with Crippen LogP contribution >= 0.6 is 0 Å². The van der Waals surface area contributed by atoms with Gasteiger partial charge in [0.15, 0.2) is 6.10 Å². The molecule has 0 bridgehead atoms. The van der Waals surface area contributed by atoms with Gasteiger partial charge in [0, 0.05) is 12.0 Å². The molecule has 4 nitrogen and oxygen atoms in total. The van der Waals surface area contributed by atoms with Crippen molar-refractivity contribution < 1.29 is 14.3 Å². The Labute approximate surface area is 161 Å². The van der Waals surface area contributed by atoms with Crippen LogP contribution < -0.4 is 14.8 Å². The highest BCUT2D eigenvalue weighted by Crippen LogP contribution is 2.40. The van der Waals surface area contributed by atoms with E-state index in [4.69, 9.17) is 9.47 Å². The van der Waals surface area contributed by atoms with E-state index in [1.165, 1.54) is 5.56 Å². The van der Waals surface area contributed by atoms with Crippen molar-refractivity contribution in [1.82, 2.24) is 5.32 Å². The van der Waals surface area contributed by atoms with E-state index in [0.29, 0.717) is 6.42 Å². The molecule has 2 aromatic rings. The summed E-state index contributed by atoms with van der Waals surface area (Å²) in [5, 5.41) is 3.16. The minimum Gasteiger partial charge on any atom is -0.487 e. The van der Waals surface area contributed by atoms with E-state index in [-0.39, 0.29) is 17.6 Å². The zero-order chi connectivity index (χ0) is 19.8. The molecule has 0 aromatic heterocycles. The van der Waals surface area contributed by atoms with Crippen LogP contribution in [0.2, 0.25) is 0 Å². The van der Waals surface area contributed by atoms with E-state index in [1.54, 1.807) is 6.92 Å². The number of carbonyl (C=O) groups is 1. The van der Waals surface area contributed by atoms with Crippen LogP contribution in [0.15, 0.2) is 36.4 Å². The molecule has 3 rings (SSSR count). The lowest BCUT2D eigenvalue weighted by Gasteiger charge is -2.38. The summed E-state index contributed by atoms with van der Waals surface area (Å²) in [7, 11) is 0. The summed E-state index contributed by atoms with van der Waals surface area (Å²) >= 11 is 0. The first-order valence-electron chi connectivity index (χ1n) is 9.48. The fourth-order valence-electron chi connectivity index (χ4n) is 3.55. The number of aryl methyl sites for hydroxylation is 3. The zero-order valence-corrected chi connectivity index (χ0v) is 17.1. The second-order valence-corrected chi connectivity index (χ2v) is 8.20. The Hall–Kier alpha value is -2.49. The smallest absolute Gasteiger partial charge is 0.261 e. The highest BCUT2D eigenvalue weighted by atomic mass is 16.5. The summed E-state index contributed by atoms with van der Waals surface area (Å²) in [5.41, 5.74) is 4.03. The van der Waals surface area contributed by atoms with E-state index in [0.717, 1.165) is 28.2 Å². The second-order valence-electron chi connectivity index (χ2n) is 8.20. The van der Waals surface area contributed by atoms with Gasteiger partial charge < -0.3 is 14.8 Å². The Morgan fingerprint density at radius 3 is 2.52 bits per heavy atom. The van der Waals surface area contributed by atoms with Crippen molar-refractivity contribution in [1.29, 1.82) is 0 Å². The third-order valence-electron chi connectivity index (χ3n) is 4.95. The largest absolute Gasteiger partial charge is 0.487 e. The molecular formula is C23H29NO3. The summed E-state index contributed by atoms with van der Waals surface area (Å²) in [5.74, 6) is 1.47. The topological polar surface area (TPSA) is 47.6 Å². The maximum atomic E-state index is 12.8. The van der Waals surface area contributed by atoms with Crippen molar-refractivity contribution in [3.63, 3.8) is 0 Å². The van der Waals surface area contributed by atoms with Crippen molar-refractivity contribution in [2.24, 2.45) is 0 Å². The number of hydrogen-bond acceptors (Lipinski definition) is 3. The van der Waals surface area contributed by atoms with Crippen LogP contribution in [0, 0.1) is 20.8 Å². The van der Waals surface area contributed by atoms with Crippen molar-refractivity contribution >= 4 is 5.91 Å². The monoisotopic (exact) mass is 367 g/mol. The Morgan fingerprint density at radius 1 is 1.15 bits per heavy atom. The van der Waals surface area contributed by atoms with Gasteiger partial charge >= 0.3 is 0 Å². The number of ether oxygens (including phenoxy) is 2. The van der Waals surface area contributed by atoms with Crippen LogP contribution in [0.5, 0.6) is 11.5 Å². The normalized spacial score (nSPS) is 18.8. The molecule has 0 saturated carbocycles. The van der Waals surface area contributed by atoms with Gasteiger partial charge in [0.1, 0.15) is 17.1 Å². The van der Waals surface area contributed by atoms with Crippen molar-refractivity contribution in [3.8, 4) is 11.5 Å². The van der Waals surface area contributed by atoms with Gasteiger partial charge in [-0.15, -0.1) is 0 Å². The lowest BCUT2D eigenvalue weighted by molar-refractivity contribution is -0.128. The van der Waals surface area contributed by atoms with Crippen molar-refractivity contribution in [2.45, 2.75) is 65.7 Å². The summed E-state index contributed by atoms with van der Waals surface area (Å²) in [4.78, 5) is 12.8. The van der Waals surface area contributed by atoms with Crippen LogP contribution in [-0.4, -0.2) is 17.6 Å². The number of amides is 1. The lowest BCUT2D eigenvalue weighted by Crippen LogP contribution is -2.44. The number of nitrogens with one attached hydrogen (secondary N) is 1. The summed E-state index contributed by atoms with van der Waals surface area (Å²) in [6.07, 6.45) is 0.136. The molecule has 0 unspecified atom stereocenters. The van der Waals surface area contributed by atoms with Gasteiger partial charge in [-0.2, -0.15) is 0 Å². The maximum Gasteiger partial charge on any atom is 0.261 e. The quantitative estimate of drug-likeness (QED) is 0.844. The predicted octanol–water partition coefficient (Wildman–Crippen LogP) is 4.80. The van der Waals surface area contributed by atoms with Gasteiger partial charge in [-0.25, -0.2) is 0 Å². The van der Waals surface area contributed by atoms with E-state index in [2.05, 4.69) is 17.4 Å². The first-order valence-corrected chi connectivity index (χ1v) is 9.48. The lowest BCUT2D eigenvalue weighted by atomic mass is 9.89. The van der Waals surface area contributed by atoms with E-state index < -0.39 is 6.10 Å². The van der Waals surface area contributed by atoms with Gasteiger partial charge in [-0.1, -0.05) is 29.8 Å². The first kappa shape index (κ1) is 19.3. The third kappa shape index (κ3) is 4.44. The average Bonchev–Trinajstić information content (AvgIpc) is 2.55. The van der Waals surface area contributed by atoms with Gasteiger partial charge in [-0.3, -0.25) is 4.79 Å². The highest BCUT2D eigenvalue weighted by molar-refractivity contribution is 5.81. The zero-order valence-electron chi connectivity index (χ0n) is 17.1. The first-order chi connectivity index (χ1) is 12.6. The molecule has 0 fully saturated rings. The number of fused-ring (bicyclic) bond motifs is 1. The molecule has 4 heteroatoms. The average molecular weight is 367 g/mol. The Kier molecular flexibility index (Phi) is 5.18. The molecular weight excluding hydrogens is 338 g/mol. The summed E-state index contributed by atoms with van der Waals surface area (Å²) in [6, 6.07) is 12.0. The highest BCUT2D eigenvalue weighted by Gasteiger charge is 2.35. The molecule has 27 heavy (non-hydrogen) atoms. The molecule has 0 saturated heterocycles. The van der Waals surface area contributed by atoms with E-state index in [9.17, 15) is 4.79 Å². The molecule has 144 valence electrons.